The summed E-state index contributed by atoms with van der Waals surface area (Å²) in [5.74, 6) is 0. The Labute approximate surface area is 100 Å². The van der Waals surface area contributed by atoms with E-state index in [1.807, 2.05) is 24.5 Å². The molecular formula is C14H26N2. The van der Waals surface area contributed by atoms with E-state index in [-0.39, 0.29) is 0 Å². The summed E-state index contributed by atoms with van der Waals surface area (Å²) in [6.45, 7) is 6.49. The Balaban J connectivity index is 0.000000281. The van der Waals surface area contributed by atoms with E-state index in [4.69, 9.17) is 5.73 Å². The van der Waals surface area contributed by atoms with Gasteiger partial charge in [-0.1, -0.05) is 33.6 Å². The van der Waals surface area contributed by atoms with E-state index in [0.29, 0.717) is 6.04 Å². The van der Waals surface area contributed by atoms with Crippen molar-refractivity contribution in [1.82, 2.24) is 4.98 Å². The van der Waals surface area contributed by atoms with Gasteiger partial charge in [0.05, 0.1) is 0 Å². The Hall–Kier alpha value is -0.890. The quantitative estimate of drug-likeness (QED) is 0.827. The second-order valence-corrected chi connectivity index (χ2v) is 4.05. The lowest BCUT2D eigenvalue weighted by atomic mass is 10.1. The van der Waals surface area contributed by atoms with Crippen molar-refractivity contribution in [2.24, 2.45) is 5.73 Å². The highest BCUT2D eigenvalue weighted by Gasteiger charge is 1.95. The maximum atomic E-state index is 5.69. The Morgan fingerprint density at radius 3 is 1.88 bits per heavy atom. The second kappa shape index (κ2) is 10.6. The Morgan fingerprint density at radius 1 is 1.06 bits per heavy atom. The Morgan fingerprint density at radius 2 is 1.56 bits per heavy atom. The number of aryl methyl sites for hydroxylation is 1. The average Bonchev–Trinajstić information content (AvgIpc) is 2.32. The largest absolute Gasteiger partial charge is 0.328 e. The number of nitrogens with zero attached hydrogens (tertiary/aromatic N) is 1. The summed E-state index contributed by atoms with van der Waals surface area (Å²) in [4.78, 5) is 3.89. The van der Waals surface area contributed by atoms with Crippen LogP contribution in [0.5, 0.6) is 0 Å². The number of hydrogen-bond donors (Lipinski definition) is 1. The van der Waals surface area contributed by atoms with Crippen LogP contribution in [0.25, 0.3) is 0 Å². The van der Waals surface area contributed by atoms with E-state index >= 15 is 0 Å². The molecule has 0 unspecified atom stereocenters. The third-order valence-corrected chi connectivity index (χ3v) is 2.48. The summed E-state index contributed by atoms with van der Waals surface area (Å²) in [6, 6.07) is 4.52. The van der Waals surface area contributed by atoms with Gasteiger partial charge in [0.1, 0.15) is 0 Å². The maximum absolute atomic E-state index is 5.69. The van der Waals surface area contributed by atoms with E-state index in [1.165, 1.54) is 31.2 Å². The van der Waals surface area contributed by atoms with E-state index in [9.17, 15) is 0 Å². The standard InChI is InChI=1S/C7H9N.C7H17N/c1-2-7-3-5-8-6-4-7;1-3-5-7(8)6-4-2/h3-6H,2H2,1H3;7H,3-6,8H2,1-2H3. The first kappa shape index (κ1) is 15.1. The molecule has 0 atom stereocenters. The van der Waals surface area contributed by atoms with Crippen LogP contribution >= 0.6 is 0 Å². The van der Waals surface area contributed by atoms with Crippen molar-refractivity contribution in [1.29, 1.82) is 0 Å². The van der Waals surface area contributed by atoms with E-state index < -0.39 is 0 Å². The van der Waals surface area contributed by atoms with Crippen molar-refractivity contribution in [3.63, 3.8) is 0 Å². The number of aromatic nitrogens is 1. The third-order valence-electron chi connectivity index (χ3n) is 2.48. The zero-order valence-electron chi connectivity index (χ0n) is 10.9. The minimum absolute atomic E-state index is 0.463. The first-order valence-corrected chi connectivity index (χ1v) is 6.39. The molecule has 0 saturated heterocycles. The number of rotatable bonds is 5. The van der Waals surface area contributed by atoms with Gasteiger partial charge in [0.2, 0.25) is 0 Å². The van der Waals surface area contributed by atoms with Crippen LogP contribution in [0.15, 0.2) is 24.5 Å². The Kier molecular flexibility index (Phi) is 10.0. The summed E-state index contributed by atoms with van der Waals surface area (Å²) in [7, 11) is 0. The summed E-state index contributed by atoms with van der Waals surface area (Å²) in [5.41, 5.74) is 7.04. The van der Waals surface area contributed by atoms with Gasteiger partial charge in [-0.2, -0.15) is 0 Å². The number of pyridine rings is 1. The van der Waals surface area contributed by atoms with Crippen LogP contribution in [-0.2, 0) is 6.42 Å². The monoisotopic (exact) mass is 222 g/mol. The minimum Gasteiger partial charge on any atom is -0.328 e. The molecule has 2 N–H and O–H groups in total. The summed E-state index contributed by atoms with van der Waals surface area (Å²) in [6.07, 6.45) is 9.56. The van der Waals surface area contributed by atoms with Gasteiger partial charge in [-0.25, -0.2) is 0 Å². The van der Waals surface area contributed by atoms with E-state index in [1.54, 1.807) is 0 Å². The lowest BCUT2D eigenvalue weighted by Crippen LogP contribution is -2.18. The smallest absolute Gasteiger partial charge is 0.0270 e. The highest BCUT2D eigenvalue weighted by molar-refractivity contribution is 5.08. The normalized spacial score (nSPS) is 9.81. The maximum Gasteiger partial charge on any atom is 0.0270 e. The van der Waals surface area contributed by atoms with Gasteiger partial charge in [0.25, 0.3) is 0 Å². The minimum atomic E-state index is 0.463. The van der Waals surface area contributed by atoms with Crippen LogP contribution < -0.4 is 5.73 Å². The lowest BCUT2D eigenvalue weighted by Gasteiger charge is -2.05. The van der Waals surface area contributed by atoms with Crippen molar-refractivity contribution in [3.05, 3.63) is 30.1 Å². The van der Waals surface area contributed by atoms with Crippen molar-refractivity contribution in [2.45, 2.75) is 58.9 Å². The van der Waals surface area contributed by atoms with Gasteiger partial charge in [-0.15, -0.1) is 0 Å². The predicted octanol–water partition coefficient (Wildman–Crippen LogP) is 3.56. The SMILES string of the molecule is CCCC(N)CCC.CCc1ccncc1. The molecule has 0 aliphatic heterocycles. The van der Waals surface area contributed by atoms with Gasteiger partial charge >= 0.3 is 0 Å². The molecule has 0 bridgehead atoms. The first-order chi connectivity index (χ1) is 7.74. The van der Waals surface area contributed by atoms with Crippen LogP contribution in [0.1, 0.15) is 52.0 Å². The van der Waals surface area contributed by atoms with Crippen LogP contribution in [-0.4, -0.2) is 11.0 Å². The van der Waals surface area contributed by atoms with E-state index in [2.05, 4.69) is 25.8 Å². The second-order valence-electron chi connectivity index (χ2n) is 4.05. The molecule has 1 aromatic rings. The number of nitrogens with two attached hydrogens (primary N) is 1. The molecule has 0 aromatic carbocycles. The molecule has 1 rings (SSSR count). The van der Waals surface area contributed by atoms with Crippen LogP contribution in [0.4, 0.5) is 0 Å². The fraction of sp³-hybridized carbons (Fsp3) is 0.643. The number of hydrogen-bond acceptors (Lipinski definition) is 2. The molecule has 1 aromatic heterocycles. The van der Waals surface area contributed by atoms with Crippen molar-refractivity contribution in [2.75, 3.05) is 0 Å². The first-order valence-electron chi connectivity index (χ1n) is 6.39. The van der Waals surface area contributed by atoms with Gasteiger partial charge in [-0.3, -0.25) is 4.98 Å². The fourth-order valence-corrected chi connectivity index (χ4v) is 1.50. The molecule has 0 amide bonds. The molecule has 0 spiro atoms. The van der Waals surface area contributed by atoms with Crippen LogP contribution in [0.2, 0.25) is 0 Å². The van der Waals surface area contributed by atoms with Gasteiger partial charge in [-0.05, 0) is 37.0 Å². The highest BCUT2D eigenvalue weighted by atomic mass is 14.6. The average molecular weight is 222 g/mol. The third kappa shape index (κ3) is 8.42. The van der Waals surface area contributed by atoms with Crippen molar-refractivity contribution in [3.8, 4) is 0 Å². The molecule has 16 heavy (non-hydrogen) atoms. The zero-order valence-corrected chi connectivity index (χ0v) is 10.9. The summed E-state index contributed by atoms with van der Waals surface area (Å²) in [5, 5.41) is 0. The molecule has 0 aliphatic carbocycles. The fourth-order valence-electron chi connectivity index (χ4n) is 1.50. The van der Waals surface area contributed by atoms with Gasteiger partial charge in [0.15, 0.2) is 0 Å². The van der Waals surface area contributed by atoms with Crippen LogP contribution in [0.3, 0.4) is 0 Å². The molecule has 0 aliphatic rings. The van der Waals surface area contributed by atoms with Gasteiger partial charge in [0, 0.05) is 18.4 Å². The molecule has 2 heteroatoms. The molecule has 0 fully saturated rings. The van der Waals surface area contributed by atoms with Crippen molar-refractivity contribution >= 4 is 0 Å². The van der Waals surface area contributed by atoms with Gasteiger partial charge < -0.3 is 5.73 Å². The Bertz CT molecular complexity index is 228. The predicted molar refractivity (Wildman–Crippen MR) is 71.4 cm³/mol. The topological polar surface area (TPSA) is 38.9 Å². The molecule has 1 heterocycles. The molecule has 92 valence electrons. The van der Waals surface area contributed by atoms with Crippen LogP contribution in [0, 0.1) is 0 Å². The molecule has 0 saturated carbocycles. The molecular weight excluding hydrogens is 196 g/mol. The summed E-state index contributed by atoms with van der Waals surface area (Å²) >= 11 is 0. The van der Waals surface area contributed by atoms with E-state index in [0.717, 1.165) is 6.42 Å². The molecule has 2 nitrogen and oxygen atoms in total. The highest BCUT2D eigenvalue weighted by Crippen LogP contribution is 1.99. The molecule has 0 radical (unpaired) electrons. The van der Waals surface area contributed by atoms with Crippen molar-refractivity contribution < 1.29 is 0 Å². The summed E-state index contributed by atoms with van der Waals surface area (Å²) < 4.78 is 0. The lowest BCUT2D eigenvalue weighted by molar-refractivity contribution is 0.554. The zero-order chi connectivity index (χ0) is 12.2.